The Morgan fingerprint density at radius 1 is 0.706 bits per heavy atom. The number of anilines is 2. The van der Waals surface area contributed by atoms with Gasteiger partial charge >= 0.3 is 16.1 Å². The predicted molar refractivity (Wildman–Crippen MR) is 237 cm³/mol. The molecule has 0 saturated carbocycles. The molecule has 0 saturated heterocycles. The van der Waals surface area contributed by atoms with E-state index in [0.717, 1.165) is 0 Å². The van der Waals surface area contributed by atoms with E-state index in [9.17, 15) is 69.7 Å². The first kappa shape index (κ1) is 54.4. The van der Waals surface area contributed by atoms with E-state index in [1.165, 1.54) is 50.6 Å². The van der Waals surface area contributed by atoms with Crippen molar-refractivity contribution in [1.82, 2.24) is 0 Å². The first-order valence-electron chi connectivity index (χ1n) is 20.7. The first-order chi connectivity index (χ1) is 31.5. The molecule has 0 aliphatic carbocycles. The van der Waals surface area contributed by atoms with Gasteiger partial charge in [-0.25, -0.2) is 8.78 Å². The molecule has 0 amide bonds. The summed E-state index contributed by atoms with van der Waals surface area (Å²) < 4.78 is 207. The zero-order valence-electron chi connectivity index (χ0n) is 37.0. The number of carbonyl (C=O) groups is 1. The van der Waals surface area contributed by atoms with Crippen LogP contribution in [-0.4, -0.2) is 110 Å². The van der Waals surface area contributed by atoms with Crippen LogP contribution in [0.1, 0.15) is 69.9 Å². The molecule has 3 atom stereocenters. The normalized spacial score (nSPS) is 20.4. The number of esters is 1. The zero-order valence-corrected chi connectivity index (χ0v) is 40.3. The van der Waals surface area contributed by atoms with Crippen molar-refractivity contribution < 1.29 is 88.4 Å². The number of hydrogen-bond acceptors (Lipinski definition) is 14. The van der Waals surface area contributed by atoms with Crippen molar-refractivity contribution in [1.29, 1.82) is 0 Å². The van der Waals surface area contributed by atoms with Gasteiger partial charge in [0.05, 0.1) is 28.2 Å². The Labute approximate surface area is 391 Å². The van der Waals surface area contributed by atoms with Gasteiger partial charge in [-0.15, -0.1) is 0 Å². The van der Waals surface area contributed by atoms with Crippen LogP contribution in [0, 0.1) is 23.3 Å². The second-order valence-electron chi connectivity index (χ2n) is 16.6. The Morgan fingerprint density at radius 3 is 1.82 bits per heavy atom. The molecule has 0 aromatic heterocycles. The van der Waals surface area contributed by atoms with Crippen molar-refractivity contribution in [2.45, 2.75) is 90.4 Å². The van der Waals surface area contributed by atoms with Crippen LogP contribution in [0.4, 0.5) is 28.9 Å². The molecule has 68 heavy (non-hydrogen) atoms. The molecule has 0 radical (unpaired) electrons. The van der Waals surface area contributed by atoms with Gasteiger partial charge < -0.3 is 24.0 Å². The molecular weight excluding hydrogens is 993 g/mol. The SMILES string of the molecule is COCCN1/C(=C/C=C/C2N(CCCCCC(=O)Oc3c(F)c(F)c(S(=O)(=O)O)c(F)c3F)c3ccc(S(=O)(=O)O)cc3C2(C)CCOC)C(C)(CCCS(=O)(=O)O)c2cc(S(=O)(=O)O)ccc21. The third-order valence-corrected chi connectivity index (χ3v) is 15.5. The van der Waals surface area contributed by atoms with Gasteiger partial charge in [-0.1, -0.05) is 25.5 Å². The monoisotopic (exact) mass is 1040 g/mol. The highest BCUT2D eigenvalue weighted by Crippen LogP contribution is 2.52. The fraction of sp³-hybridized carbons (Fsp3) is 0.452. The van der Waals surface area contributed by atoms with Crippen LogP contribution in [0.5, 0.6) is 5.75 Å². The number of benzene rings is 3. The summed E-state index contributed by atoms with van der Waals surface area (Å²) >= 11 is 0. The molecule has 26 heteroatoms. The average Bonchev–Trinajstić information content (AvgIpc) is 3.60. The summed E-state index contributed by atoms with van der Waals surface area (Å²) in [6, 6.07) is 7.49. The minimum absolute atomic E-state index is 0.000590. The molecule has 3 unspecified atom stereocenters. The number of ether oxygens (including phenoxy) is 3. The highest BCUT2D eigenvalue weighted by molar-refractivity contribution is 7.86. The number of unbranched alkanes of at least 4 members (excludes halogenated alkanes) is 2. The molecule has 0 spiro atoms. The van der Waals surface area contributed by atoms with Gasteiger partial charge in [0.2, 0.25) is 17.4 Å². The van der Waals surface area contributed by atoms with Gasteiger partial charge in [0.25, 0.3) is 30.4 Å². The lowest BCUT2D eigenvalue weighted by Crippen LogP contribution is -2.43. The van der Waals surface area contributed by atoms with Gasteiger partial charge in [-0.2, -0.15) is 42.5 Å². The Kier molecular flexibility index (Phi) is 16.7. The van der Waals surface area contributed by atoms with Gasteiger partial charge in [0, 0.05) is 68.2 Å². The van der Waals surface area contributed by atoms with Crippen LogP contribution in [0.2, 0.25) is 0 Å². The first-order valence-corrected chi connectivity index (χ1v) is 26.6. The average molecular weight is 1040 g/mol. The van der Waals surface area contributed by atoms with Gasteiger partial charge in [-0.05, 0) is 92.6 Å². The molecule has 4 N–H and O–H groups in total. The van der Waals surface area contributed by atoms with E-state index in [2.05, 4.69) is 4.74 Å². The van der Waals surface area contributed by atoms with Crippen molar-refractivity contribution in [3.63, 3.8) is 0 Å². The summed E-state index contributed by atoms with van der Waals surface area (Å²) in [6.45, 7) is 4.43. The maximum Gasteiger partial charge on any atom is 0.311 e. The Bertz CT molecular complexity index is 2930. The van der Waals surface area contributed by atoms with Gasteiger partial charge in [-0.3, -0.25) is 23.0 Å². The molecule has 5 rings (SSSR count). The second kappa shape index (κ2) is 20.8. The number of carbonyl (C=O) groups excluding carboxylic acids is 1. The lowest BCUT2D eigenvalue weighted by atomic mass is 9.75. The maximum absolute atomic E-state index is 14.5. The molecule has 0 fully saturated rings. The van der Waals surface area contributed by atoms with Crippen LogP contribution in [0.25, 0.3) is 0 Å². The van der Waals surface area contributed by atoms with Crippen LogP contribution in [-0.2, 0) is 65.6 Å². The van der Waals surface area contributed by atoms with Crippen molar-refractivity contribution >= 4 is 57.8 Å². The minimum Gasteiger partial charge on any atom is -0.420 e. The summed E-state index contributed by atoms with van der Waals surface area (Å²) in [6.07, 6.45) is 5.59. The Hall–Kier alpha value is -4.51. The summed E-state index contributed by atoms with van der Waals surface area (Å²) in [5.41, 5.74) is 0.548. The van der Waals surface area contributed by atoms with Crippen LogP contribution < -0.4 is 14.5 Å². The second-order valence-corrected chi connectivity index (χ2v) is 22.4. The summed E-state index contributed by atoms with van der Waals surface area (Å²) in [5, 5.41) is 0. The number of hydrogen-bond donors (Lipinski definition) is 4. The Balaban J connectivity index is 1.50. The maximum atomic E-state index is 14.5. The number of fused-ring (bicyclic) bond motifs is 2. The molecule has 376 valence electrons. The fourth-order valence-corrected chi connectivity index (χ4v) is 10.9. The highest BCUT2D eigenvalue weighted by Gasteiger charge is 2.47. The van der Waals surface area contributed by atoms with E-state index >= 15 is 0 Å². The summed E-state index contributed by atoms with van der Waals surface area (Å²) in [7, 11) is -16.6. The van der Waals surface area contributed by atoms with E-state index in [1.807, 2.05) is 22.8 Å². The van der Waals surface area contributed by atoms with Crippen molar-refractivity contribution in [3.05, 3.63) is 94.7 Å². The molecule has 2 heterocycles. The largest absolute Gasteiger partial charge is 0.420 e. The van der Waals surface area contributed by atoms with Crippen molar-refractivity contribution in [3.8, 4) is 5.75 Å². The van der Waals surface area contributed by atoms with Crippen LogP contribution in [0.3, 0.4) is 0 Å². The predicted octanol–water partition coefficient (Wildman–Crippen LogP) is 6.16. The Morgan fingerprint density at radius 2 is 1.28 bits per heavy atom. The number of halogens is 4. The number of methoxy groups -OCH3 is 2. The molecular formula is C42H50F4N2O16S4. The van der Waals surface area contributed by atoms with E-state index in [-0.39, 0.29) is 56.9 Å². The molecule has 0 bridgehead atoms. The highest BCUT2D eigenvalue weighted by atomic mass is 32.2. The third kappa shape index (κ3) is 11.7. The molecule has 3 aromatic rings. The van der Waals surface area contributed by atoms with E-state index < -0.39 is 114 Å². The third-order valence-electron chi connectivity index (χ3n) is 12.1. The van der Waals surface area contributed by atoms with Crippen molar-refractivity contribution in [2.75, 3.05) is 56.1 Å². The topological polar surface area (TPSA) is 269 Å². The molecule has 2 aliphatic rings. The minimum atomic E-state index is -5.75. The standard InChI is InChI=1S/C42H50F4N2O16S4/c1-41(17-9-23-65(50,51)52)28-24-26(66(53,54)55)14-16-31(28)48(20-22-63-4)32(41)10-8-11-33-42(2,18-21-62-3)29-25-27(67(56,57)58)13-15-30(29)47(33)19-7-5-6-12-34(49)64-39-35(43)37(45)40(68(59,60)61)38(46)36(39)44/h8,10-11,13-16,24-25,33H,5-7,9,12,17-23H2,1-4H3,(H,50,51,52)(H,53,54,55)(H,56,57,58)(H,59,60,61)/b11-8+,32-10+. The van der Waals surface area contributed by atoms with Crippen LogP contribution >= 0.6 is 0 Å². The fourth-order valence-electron chi connectivity index (χ4n) is 8.75. The van der Waals surface area contributed by atoms with Crippen molar-refractivity contribution in [2.24, 2.45) is 0 Å². The lowest BCUT2D eigenvalue weighted by Gasteiger charge is -2.35. The number of nitrogens with zero attached hydrogens (tertiary/aromatic N) is 2. The van der Waals surface area contributed by atoms with Crippen LogP contribution in [0.15, 0.2) is 75.0 Å². The number of allylic oxidation sites excluding steroid dienone is 3. The zero-order chi connectivity index (χ0) is 50.8. The van der Waals surface area contributed by atoms with Gasteiger partial charge in [0.15, 0.2) is 16.5 Å². The lowest BCUT2D eigenvalue weighted by molar-refractivity contribution is -0.135. The van der Waals surface area contributed by atoms with Gasteiger partial charge in [0.1, 0.15) is 0 Å². The smallest absolute Gasteiger partial charge is 0.311 e. The summed E-state index contributed by atoms with van der Waals surface area (Å²) in [4.78, 5) is 13.3. The molecule has 3 aromatic carbocycles. The van der Waals surface area contributed by atoms with E-state index in [0.29, 0.717) is 41.0 Å². The quantitative estimate of drug-likeness (QED) is 0.0219. The number of rotatable bonds is 22. The summed E-state index contributed by atoms with van der Waals surface area (Å²) in [5.74, 6) is -13.5. The molecule has 18 nitrogen and oxygen atoms in total. The molecule has 2 aliphatic heterocycles. The van der Waals surface area contributed by atoms with E-state index in [1.54, 1.807) is 19.1 Å². The van der Waals surface area contributed by atoms with E-state index in [4.69, 9.17) is 14.0 Å².